The smallest absolute Gasteiger partial charge is 0.265 e. The van der Waals surface area contributed by atoms with E-state index < -0.39 is 20.9 Å². The van der Waals surface area contributed by atoms with Crippen molar-refractivity contribution in [1.82, 2.24) is 0 Å². The number of carbonyl (C=O) groups excluding carboxylic acids is 1. The SMILES string of the molecule is CC12CCC(C(Br)C1=O)C2(C)CS(=O)(=O)O.Cl. The first-order valence-electron chi connectivity index (χ1n) is 5.25. The van der Waals surface area contributed by atoms with E-state index in [4.69, 9.17) is 4.55 Å². The van der Waals surface area contributed by atoms with Crippen molar-refractivity contribution in [2.24, 2.45) is 16.7 Å². The summed E-state index contributed by atoms with van der Waals surface area (Å²) >= 11 is 3.35. The standard InChI is InChI=1S/C10H15BrO4S.ClH/c1-9-4-3-6(7(11)8(9)12)10(9,2)5-16(13,14)15;/h6-7H,3-5H2,1-2H3,(H,13,14,15);1H. The zero-order valence-electron chi connectivity index (χ0n) is 9.64. The number of Topliss-reactive ketones (excluding diaryl/α,β-unsaturated/α-hetero) is 1. The highest BCUT2D eigenvalue weighted by Crippen LogP contribution is 2.65. The lowest BCUT2D eigenvalue weighted by atomic mass is 9.70. The third-order valence-electron chi connectivity index (χ3n) is 4.66. The van der Waals surface area contributed by atoms with Gasteiger partial charge in [0.05, 0.1) is 10.6 Å². The molecule has 1 N–H and O–H groups in total. The number of ketones is 1. The molecule has 2 aliphatic carbocycles. The third-order valence-corrected chi connectivity index (χ3v) is 6.68. The average Bonchev–Trinajstić information content (AvgIpc) is 2.40. The summed E-state index contributed by atoms with van der Waals surface area (Å²) in [5.74, 6) is -0.239. The zero-order chi connectivity index (χ0) is 12.4. The second kappa shape index (κ2) is 4.18. The maximum Gasteiger partial charge on any atom is 0.265 e. The van der Waals surface area contributed by atoms with Gasteiger partial charge in [-0.05, 0) is 18.8 Å². The van der Waals surface area contributed by atoms with Gasteiger partial charge in [0, 0.05) is 10.8 Å². The molecule has 0 aromatic carbocycles. The van der Waals surface area contributed by atoms with Gasteiger partial charge in [-0.2, -0.15) is 8.42 Å². The van der Waals surface area contributed by atoms with Crippen LogP contribution in [0, 0.1) is 16.7 Å². The second-order valence-corrected chi connectivity index (χ2v) is 7.83. The first-order chi connectivity index (χ1) is 7.12. The minimum Gasteiger partial charge on any atom is -0.298 e. The van der Waals surface area contributed by atoms with E-state index in [0.717, 1.165) is 6.42 Å². The van der Waals surface area contributed by atoms with Crippen LogP contribution >= 0.6 is 28.3 Å². The number of alkyl halides is 1. The lowest BCUT2D eigenvalue weighted by Gasteiger charge is -2.35. The second-order valence-electron chi connectivity index (χ2n) is 5.39. The Morgan fingerprint density at radius 1 is 1.47 bits per heavy atom. The number of hydrogen-bond acceptors (Lipinski definition) is 3. The van der Waals surface area contributed by atoms with Crippen molar-refractivity contribution in [3.63, 3.8) is 0 Å². The monoisotopic (exact) mass is 346 g/mol. The molecule has 0 spiro atoms. The molecule has 2 aliphatic rings. The lowest BCUT2D eigenvalue weighted by Crippen LogP contribution is -2.40. The van der Waals surface area contributed by atoms with Crippen molar-refractivity contribution >= 4 is 44.2 Å². The van der Waals surface area contributed by atoms with Gasteiger partial charge >= 0.3 is 0 Å². The molecular formula is C10H16BrClO4S. The molecule has 2 fully saturated rings. The Morgan fingerprint density at radius 3 is 2.35 bits per heavy atom. The summed E-state index contributed by atoms with van der Waals surface area (Å²) in [6.07, 6.45) is 1.55. The molecule has 4 unspecified atom stereocenters. The molecule has 2 rings (SSSR count). The van der Waals surface area contributed by atoms with Crippen LogP contribution in [0.3, 0.4) is 0 Å². The molecule has 0 amide bonds. The van der Waals surface area contributed by atoms with Crippen LogP contribution in [0.2, 0.25) is 0 Å². The van der Waals surface area contributed by atoms with Gasteiger partial charge in [-0.25, -0.2) is 0 Å². The van der Waals surface area contributed by atoms with Crippen molar-refractivity contribution in [1.29, 1.82) is 0 Å². The van der Waals surface area contributed by atoms with Crippen LogP contribution < -0.4 is 0 Å². The summed E-state index contributed by atoms with van der Waals surface area (Å²) in [4.78, 5) is 11.8. The molecular weight excluding hydrogens is 332 g/mol. The molecule has 4 atom stereocenters. The quantitative estimate of drug-likeness (QED) is 0.613. The molecule has 2 bridgehead atoms. The minimum atomic E-state index is -4.05. The maximum atomic E-state index is 12.1. The highest BCUT2D eigenvalue weighted by molar-refractivity contribution is 9.10. The largest absolute Gasteiger partial charge is 0.298 e. The van der Waals surface area contributed by atoms with Gasteiger partial charge in [-0.1, -0.05) is 29.8 Å². The minimum absolute atomic E-state index is 0. The van der Waals surface area contributed by atoms with Gasteiger partial charge in [-0.3, -0.25) is 9.35 Å². The Labute approximate surface area is 116 Å². The molecule has 0 saturated heterocycles. The van der Waals surface area contributed by atoms with Gasteiger partial charge in [0.2, 0.25) is 0 Å². The van der Waals surface area contributed by atoms with Gasteiger partial charge < -0.3 is 0 Å². The van der Waals surface area contributed by atoms with Crippen LogP contribution in [0.15, 0.2) is 0 Å². The molecule has 0 heterocycles. The molecule has 0 aromatic rings. The van der Waals surface area contributed by atoms with Crippen LogP contribution in [0.4, 0.5) is 0 Å². The number of fused-ring (bicyclic) bond motifs is 2. The Bertz CT molecular complexity index is 451. The van der Waals surface area contributed by atoms with E-state index in [-0.39, 0.29) is 34.7 Å². The molecule has 0 radical (unpaired) electrons. The normalized spacial score (nSPS) is 44.8. The fourth-order valence-electron chi connectivity index (χ4n) is 3.46. The summed E-state index contributed by atoms with van der Waals surface area (Å²) < 4.78 is 31.2. The van der Waals surface area contributed by atoms with Gasteiger partial charge in [0.15, 0.2) is 5.78 Å². The van der Waals surface area contributed by atoms with E-state index in [9.17, 15) is 13.2 Å². The van der Waals surface area contributed by atoms with Crippen LogP contribution in [-0.4, -0.2) is 29.3 Å². The molecule has 17 heavy (non-hydrogen) atoms. The summed E-state index contributed by atoms with van der Waals surface area (Å²) in [6.45, 7) is 3.62. The lowest BCUT2D eigenvalue weighted by molar-refractivity contribution is -0.127. The van der Waals surface area contributed by atoms with Crippen LogP contribution in [0.1, 0.15) is 26.7 Å². The van der Waals surface area contributed by atoms with Gasteiger partial charge in [0.1, 0.15) is 0 Å². The number of hydrogen-bond donors (Lipinski definition) is 1. The van der Waals surface area contributed by atoms with Crippen LogP contribution in [-0.2, 0) is 14.9 Å². The van der Waals surface area contributed by atoms with E-state index in [1.807, 2.05) is 6.92 Å². The first-order valence-corrected chi connectivity index (χ1v) is 7.78. The fraction of sp³-hybridized carbons (Fsp3) is 0.900. The Hall–Kier alpha value is 0.350. The van der Waals surface area contributed by atoms with E-state index >= 15 is 0 Å². The van der Waals surface area contributed by atoms with Gasteiger partial charge in [0.25, 0.3) is 10.1 Å². The number of halogens is 2. The van der Waals surface area contributed by atoms with E-state index in [2.05, 4.69) is 15.9 Å². The Morgan fingerprint density at radius 2 is 2.00 bits per heavy atom. The summed E-state index contributed by atoms with van der Waals surface area (Å²) in [5.41, 5.74) is -1.27. The van der Waals surface area contributed by atoms with Crippen molar-refractivity contribution in [3.8, 4) is 0 Å². The molecule has 0 aliphatic heterocycles. The zero-order valence-corrected chi connectivity index (χ0v) is 12.9. The van der Waals surface area contributed by atoms with Crippen molar-refractivity contribution in [2.75, 3.05) is 5.75 Å². The molecule has 4 nitrogen and oxygen atoms in total. The van der Waals surface area contributed by atoms with Crippen LogP contribution in [0.25, 0.3) is 0 Å². The molecule has 7 heteroatoms. The van der Waals surface area contributed by atoms with Crippen molar-refractivity contribution < 1.29 is 17.8 Å². The van der Waals surface area contributed by atoms with Crippen LogP contribution in [0.5, 0.6) is 0 Å². The van der Waals surface area contributed by atoms with Crippen molar-refractivity contribution in [3.05, 3.63) is 0 Å². The molecule has 100 valence electrons. The maximum absolute atomic E-state index is 12.1. The summed E-state index contributed by atoms with van der Waals surface area (Å²) in [5, 5.41) is 0. The fourth-order valence-corrected chi connectivity index (χ4v) is 6.11. The average molecular weight is 348 g/mol. The molecule has 0 aromatic heterocycles. The topological polar surface area (TPSA) is 71.4 Å². The molecule has 2 saturated carbocycles. The van der Waals surface area contributed by atoms with E-state index in [1.54, 1.807) is 6.92 Å². The number of carbonyl (C=O) groups is 1. The highest BCUT2D eigenvalue weighted by atomic mass is 79.9. The van der Waals surface area contributed by atoms with Gasteiger partial charge in [-0.15, -0.1) is 12.4 Å². The predicted octanol–water partition coefficient (Wildman–Crippen LogP) is 2.06. The third kappa shape index (κ3) is 1.97. The highest BCUT2D eigenvalue weighted by Gasteiger charge is 2.68. The number of rotatable bonds is 2. The predicted molar refractivity (Wildman–Crippen MR) is 70.3 cm³/mol. The summed E-state index contributed by atoms with van der Waals surface area (Å²) in [6, 6.07) is 0. The Balaban J connectivity index is 0.00000144. The summed E-state index contributed by atoms with van der Waals surface area (Å²) in [7, 11) is -4.05. The van der Waals surface area contributed by atoms with E-state index in [0.29, 0.717) is 6.42 Å². The Kier molecular flexibility index (Phi) is 3.79. The first kappa shape index (κ1) is 15.4. The van der Waals surface area contributed by atoms with E-state index in [1.165, 1.54) is 0 Å². The van der Waals surface area contributed by atoms with Crippen molar-refractivity contribution in [2.45, 2.75) is 31.5 Å².